The number of benzene rings is 1. The summed E-state index contributed by atoms with van der Waals surface area (Å²) in [5.41, 5.74) is 1.86. The highest BCUT2D eigenvalue weighted by atomic mass is 19.1. The number of nitrogens with one attached hydrogen (secondary N) is 2. The molecule has 0 spiro atoms. The summed E-state index contributed by atoms with van der Waals surface area (Å²) in [7, 11) is 0. The van der Waals surface area contributed by atoms with Crippen molar-refractivity contribution in [2.75, 3.05) is 24.5 Å². The number of nitrogens with zero attached hydrogens (tertiary/aromatic N) is 3. The fraction of sp³-hybridized carbons (Fsp3) is 0.350. The summed E-state index contributed by atoms with van der Waals surface area (Å²) < 4.78 is 13.3. The Kier molecular flexibility index (Phi) is 5.00. The van der Waals surface area contributed by atoms with Gasteiger partial charge < -0.3 is 15.2 Å². The Morgan fingerprint density at radius 2 is 2.30 bits per heavy atom. The molecule has 0 bridgehead atoms. The molecule has 3 aromatic rings. The van der Waals surface area contributed by atoms with E-state index in [1.165, 1.54) is 12.1 Å². The lowest BCUT2D eigenvalue weighted by molar-refractivity contribution is -0.125. The van der Waals surface area contributed by atoms with Crippen molar-refractivity contribution in [2.45, 2.75) is 19.3 Å². The fourth-order valence-corrected chi connectivity index (χ4v) is 3.68. The highest BCUT2D eigenvalue weighted by molar-refractivity contribution is 5.83. The first-order valence-electron chi connectivity index (χ1n) is 9.25. The average Bonchev–Trinajstić information content (AvgIpc) is 3.10. The van der Waals surface area contributed by atoms with Crippen LogP contribution in [-0.4, -0.2) is 40.5 Å². The number of aromatic amines is 1. The molecule has 2 N–H and O–H groups in total. The molecule has 1 atom stereocenters. The molecule has 1 aliphatic heterocycles. The zero-order valence-electron chi connectivity index (χ0n) is 15.0. The van der Waals surface area contributed by atoms with Gasteiger partial charge in [-0.25, -0.2) is 9.37 Å². The van der Waals surface area contributed by atoms with Crippen LogP contribution in [0.3, 0.4) is 0 Å². The lowest BCUT2D eigenvalue weighted by Crippen LogP contribution is -2.43. The van der Waals surface area contributed by atoms with E-state index in [0.29, 0.717) is 19.5 Å². The minimum Gasteiger partial charge on any atom is -0.361 e. The van der Waals surface area contributed by atoms with Crippen LogP contribution in [0.1, 0.15) is 18.4 Å². The predicted octanol–water partition coefficient (Wildman–Crippen LogP) is 2.67. The Balaban J connectivity index is 1.32. The highest BCUT2D eigenvalue weighted by Gasteiger charge is 2.26. The van der Waals surface area contributed by atoms with Crippen LogP contribution in [0.25, 0.3) is 10.9 Å². The lowest BCUT2D eigenvalue weighted by Gasteiger charge is -2.32. The van der Waals surface area contributed by atoms with Crippen LogP contribution in [0.5, 0.6) is 0 Å². The van der Waals surface area contributed by atoms with E-state index in [9.17, 15) is 9.18 Å². The van der Waals surface area contributed by atoms with E-state index in [-0.39, 0.29) is 17.6 Å². The van der Waals surface area contributed by atoms with Gasteiger partial charge in [0, 0.05) is 49.1 Å². The fourth-order valence-electron chi connectivity index (χ4n) is 3.68. The van der Waals surface area contributed by atoms with E-state index < -0.39 is 0 Å². The second kappa shape index (κ2) is 7.73. The Hall–Kier alpha value is -2.96. The average molecular weight is 367 g/mol. The van der Waals surface area contributed by atoms with Gasteiger partial charge in [-0.2, -0.15) is 0 Å². The number of hydrogen-bond acceptors (Lipinski definition) is 4. The van der Waals surface area contributed by atoms with Gasteiger partial charge in [0.15, 0.2) is 0 Å². The Morgan fingerprint density at radius 1 is 1.37 bits per heavy atom. The van der Waals surface area contributed by atoms with Gasteiger partial charge in [-0.15, -0.1) is 0 Å². The van der Waals surface area contributed by atoms with Gasteiger partial charge in [-0.1, -0.05) is 0 Å². The topological polar surface area (TPSA) is 73.9 Å². The maximum absolute atomic E-state index is 13.3. The van der Waals surface area contributed by atoms with Crippen molar-refractivity contribution in [1.82, 2.24) is 20.3 Å². The summed E-state index contributed by atoms with van der Waals surface area (Å²) in [6.45, 7) is 2.12. The van der Waals surface area contributed by atoms with Crippen LogP contribution in [0.15, 0.2) is 43.0 Å². The van der Waals surface area contributed by atoms with Crippen LogP contribution < -0.4 is 10.2 Å². The second-order valence-corrected chi connectivity index (χ2v) is 6.89. The number of carbonyl (C=O) groups is 1. The van der Waals surface area contributed by atoms with E-state index in [1.807, 2.05) is 6.20 Å². The van der Waals surface area contributed by atoms with E-state index in [4.69, 9.17) is 0 Å². The number of anilines is 1. The van der Waals surface area contributed by atoms with Crippen LogP contribution in [-0.2, 0) is 11.2 Å². The molecule has 1 aromatic carbocycles. The van der Waals surface area contributed by atoms with Crippen molar-refractivity contribution in [3.05, 3.63) is 54.4 Å². The number of aromatic nitrogens is 3. The van der Waals surface area contributed by atoms with Crippen LogP contribution in [0.4, 0.5) is 10.2 Å². The number of halogens is 1. The number of piperidine rings is 1. The first kappa shape index (κ1) is 17.5. The van der Waals surface area contributed by atoms with Gasteiger partial charge in [-0.3, -0.25) is 9.78 Å². The zero-order valence-corrected chi connectivity index (χ0v) is 15.0. The van der Waals surface area contributed by atoms with Gasteiger partial charge in [-0.05, 0) is 43.0 Å². The van der Waals surface area contributed by atoms with Crippen molar-refractivity contribution in [3.8, 4) is 0 Å². The molecular weight excluding hydrogens is 345 g/mol. The summed E-state index contributed by atoms with van der Waals surface area (Å²) in [5, 5.41) is 4.05. The van der Waals surface area contributed by atoms with Crippen molar-refractivity contribution in [1.29, 1.82) is 0 Å². The van der Waals surface area contributed by atoms with Crippen LogP contribution >= 0.6 is 0 Å². The molecule has 2 aromatic heterocycles. The van der Waals surface area contributed by atoms with Crippen molar-refractivity contribution in [2.24, 2.45) is 5.92 Å². The standard InChI is InChI=1S/C20H22FN5O/c21-16-3-4-17-14(11-25-18(17)10-16)5-6-24-20(27)15-2-1-9-26(13-15)19-12-22-7-8-23-19/h3-4,7-8,10-12,15,25H,1-2,5-6,9,13H2,(H,24,27). The number of fused-ring (bicyclic) bond motifs is 1. The molecule has 6 nitrogen and oxygen atoms in total. The predicted molar refractivity (Wildman–Crippen MR) is 102 cm³/mol. The molecule has 1 saturated heterocycles. The molecule has 1 aliphatic rings. The highest BCUT2D eigenvalue weighted by Crippen LogP contribution is 2.22. The van der Waals surface area contributed by atoms with Crippen LogP contribution in [0.2, 0.25) is 0 Å². The molecule has 1 amide bonds. The van der Waals surface area contributed by atoms with Gasteiger partial charge in [0.2, 0.25) is 5.91 Å². The smallest absolute Gasteiger partial charge is 0.224 e. The molecule has 1 unspecified atom stereocenters. The maximum atomic E-state index is 13.3. The summed E-state index contributed by atoms with van der Waals surface area (Å²) >= 11 is 0. The molecule has 7 heteroatoms. The maximum Gasteiger partial charge on any atom is 0.224 e. The SMILES string of the molecule is O=C(NCCc1c[nH]c2cc(F)ccc12)C1CCCN(c2cnccn2)C1. The Bertz CT molecular complexity index is 927. The lowest BCUT2D eigenvalue weighted by atomic mass is 9.97. The third kappa shape index (κ3) is 3.92. The number of H-pyrrole nitrogens is 1. The molecule has 0 saturated carbocycles. The number of rotatable bonds is 5. The molecule has 27 heavy (non-hydrogen) atoms. The first-order valence-corrected chi connectivity index (χ1v) is 9.25. The summed E-state index contributed by atoms with van der Waals surface area (Å²) in [6.07, 6.45) is 9.49. The quantitative estimate of drug-likeness (QED) is 0.727. The molecule has 140 valence electrons. The molecule has 4 rings (SSSR count). The summed E-state index contributed by atoms with van der Waals surface area (Å²) in [6, 6.07) is 4.72. The molecule has 1 fully saturated rings. The third-order valence-electron chi connectivity index (χ3n) is 5.09. The second-order valence-electron chi connectivity index (χ2n) is 6.89. The van der Waals surface area contributed by atoms with E-state index >= 15 is 0 Å². The van der Waals surface area contributed by atoms with Crippen molar-refractivity contribution in [3.63, 3.8) is 0 Å². The molecule has 0 radical (unpaired) electrons. The Morgan fingerprint density at radius 3 is 3.15 bits per heavy atom. The normalized spacial score (nSPS) is 17.2. The summed E-state index contributed by atoms with van der Waals surface area (Å²) in [4.78, 5) is 26.2. The van der Waals surface area contributed by atoms with Gasteiger partial charge in [0.05, 0.1) is 12.1 Å². The minimum absolute atomic E-state index is 0.0437. The minimum atomic E-state index is -0.255. The molecular formula is C20H22FN5O. The van der Waals surface area contributed by atoms with Crippen molar-refractivity contribution < 1.29 is 9.18 Å². The summed E-state index contributed by atoms with van der Waals surface area (Å²) in [5.74, 6) is 0.600. The van der Waals surface area contributed by atoms with Gasteiger partial charge >= 0.3 is 0 Å². The van der Waals surface area contributed by atoms with E-state index in [1.54, 1.807) is 24.7 Å². The number of carbonyl (C=O) groups excluding carboxylic acids is 1. The monoisotopic (exact) mass is 367 g/mol. The zero-order chi connectivity index (χ0) is 18.6. The Labute approximate surface area is 156 Å². The van der Waals surface area contributed by atoms with E-state index in [0.717, 1.165) is 41.7 Å². The molecule has 3 heterocycles. The van der Waals surface area contributed by atoms with E-state index in [2.05, 4.69) is 25.2 Å². The largest absolute Gasteiger partial charge is 0.361 e. The number of amides is 1. The van der Waals surface area contributed by atoms with Crippen molar-refractivity contribution >= 4 is 22.6 Å². The molecule has 0 aliphatic carbocycles. The third-order valence-corrected chi connectivity index (χ3v) is 5.09. The number of hydrogen-bond donors (Lipinski definition) is 2. The van der Waals surface area contributed by atoms with Crippen LogP contribution in [0, 0.1) is 11.7 Å². The van der Waals surface area contributed by atoms with Gasteiger partial charge in [0.1, 0.15) is 11.6 Å². The van der Waals surface area contributed by atoms with Gasteiger partial charge in [0.25, 0.3) is 0 Å². The first-order chi connectivity index (χ1) is 13.2.